The van der Waals surface area contributed by atoms with Crippen LogP contribution in [0.1, 0.15) is 0 Å². The van der Waals surface area contributed by atoms with Crippen LogP contribution in [0.25, 0.3) is 21.6 Å². The Balaban J connectivity index is -0.0000000145. The van der Waals surface area contributed by atoms with E-state index in [0.29, 0.717) is 0 Å². The Morgan fingerprint density at radius 2 is 0.571 bits per heavy atom. The van der Waals surface area contributed by atoms with E-state index in [4.69, 9.17) is 21.6 Å². The molecule has 64 valence electrons. The van der Waals surface area contributed by atoms with Gasteiger partial charge in [-0.2, -0.15) is 20.6 Å². The van der Waals surface area contributed by atoms with Gasteiger partial charge in [0.15, 0.2) is 0 Å². The Kier molecular flexibility index (Phi) is 267. The average molecular weight is 322 g/mol. The first-order valence-corrected chi connectivity index (χ1v) is 3.34. The van der Waals surface area contributed by atoms with Crippen LogP contribution < -0.4 is 0 Å². The summed E-state index contributed by atoms with van der Waals surface area (Å²) in [6.07, 6.45) is 0. The van der Waals surface area contributed by atoms with Crippen molar-refractivity contribution in [1.29, 1.82) is 0 Å². The van der Waals surface area contributed by atoms with Crippen LogP contribution in [0.15, 0.2) is 0 Å². The molecule has 0 aliphatic heterocycles. The van der Waals surface area contributed by atoms with Gasteiger partial charge in [0.25, 0.3) is 0 Å². The quantitative estimate of drug-likeness (QED) is 0.389. The fourth-order valence-corrected chi connectivity index (χ4v) is 0. The number of thiocarbonyl (C=S) groups is 4. The third kappa shape index (κ3) is 4860. The topological polar surface area (TPSA) is 89.2 Å². The summed E-state index contributed by atoms with van der Waals surface area (Å²) >= 11 is 14.8. The molecule has 0 aromatic heterocycles. The maximum atomic E-state index is 7.13. The molecule has 0 fully saturated rings. The number of hydrogen-bond donors (Lipinski definition) is 0. The summed E-state index contributed by atoms with van der Waals surface area (Å²) in [7, 11) is 0. The molecule has 0 unspecified atom stereocenters. The monoisotopic (exact) mass is 320 g/mol. The Bertz CT molecular complexity index is 161. The Hall–Kier alpha value is 0.590. The number of rotatable bonds is 0. The normalized spacial score (nSPS) is 2.29. The van der Waals surface area contributed by atoms with E-state index in [0.717, 1.165) is 0 Å². The Labute approximate surface area is 132 Å². The molecule has 0 spiro atoms. The predicted octanol–water partition coefficient (Wildman–Crippen LogP) is 2.25. The molecular weight excluding hydrogens is 322 g/mol. The van der Waals surface area contributed by atoms with E-state index in [2.05, 4.69) is 48.9 Å². The van der Waals surface area contributed by atoms with Crippen LogP contribution in [0.4, 0.5) is 0 Å². The zero-order chi connectivity index (χ0) is 10.8. The van der Waals surface area contributed by atoms with Crippen LogP contribution in [-0.2, 0) is 19.5 Å². The van der Waals surface area contributed by atoms with Crippen molar-refractivity contribution in [3.63, 3.8) is 0 Å². The minimum atomic E-state index is 0. The summed E-state index contributed by atoms with van der Waals surface area (Å²) < 4.78 is 0. The largest absolute Gasteiger partial charge is 2.00 e. The fourth-order valence-electron chi connectivity index (χ4n) is 0. The van der Waals surface area contributed by atoms with Crippen LogP contribution in [0.5, 0.6) is 0 Å². The smallest absolute Gasteiger partial charge is 0.753 e. The van der Waals surface area contributed by atoms with Gasteiger partial charge in [-0.15, -0.1) is 0 Å². The van der Waals surface area contributed by atoms with Crippen molar-refractivity contribution in [2.24, 2.45) is 0 Å². The molecule has 0 radical (unpaired) electrons. The van der Waals surface area contributed by atoms with Crippen molar-refractivity contribution in [1.82, 2.24) is 0 Å². The Morgan fingerprint density at radius 1 is 0.571 bits per heavy atom. The molecule has 0 bridgehead atoms. The van der Waals surface area contributed by atoms with Gasteiger partial charge in [-0.3, -0.25) is 0 Å². The zero-order valence-corrected chi connectivity index (χ0v) is 14.5. The molecule has 0 saturated carbocycles. The van der Waals surface area contributed by atoms with Crippen LogP contribution in [0.3, 0.4) is 0 Å². The van der Waals surface area contributed by atoms with Gasteiger partial charge in [0.2, 0.25) is 0 Å². The first-order chi connectivity index (χ1) is 5.66. The van der Waals surface area contributed by atoms with E-state index in [1.54, 1.807) is 0 Å². The molecule has 0 aromatic carbocycles. The summed E-state index contributed by atoms with van der Waals surface area (Å²) in [5.74, 6) is 0. The minimum absolute atomic E-state index is 0. The van der Waals surface area contributed by atoms with Crippen LogP contribution >= 0.6 is 48.9 Å². The second kappa shape index (κ2) is 102. The van der Waals surface area contributed by atoms with Gasteiger partial charge in [-0.1, -0.05) is 48.9 Å². The first kappa shape index (κ1) is 36.5. The second-order valence-electron chi connectivity index (χ2n) is 0.365. The van der Waals surface area contributed by atoms with Crippen LogP contribution in [0.2, 0.25) is 0 Å². The van der Waals surface area contributed by atoms with Crippen LogP contribution in [-0.4, -0.2) is 43.7 Å². The third-order valence-corrected chi connectivity index (χ3v) is 0. The van der Waals surface area contributed by atoms with Crippen molar-refractivity contribution >= 4 is 92.6 Å². The molecule has 0 atom stereocenters. The summed E-state index contributed by atoms with van der Waals surface area (Å²) in [5.41, 5.74) is 0. The maximum absolute atomic E-state index is 7.13. The number of nitrogens with zero attached hydrogens (tertiary/aromatic N) is 4. The van der Waals surface area contributed by atoms with Gasteiger partial charge in [-0.05, 0) is 0 Å². The molecule has 0 saturated heterocycles. The first-order valence-electron chi connectivity index (χ1n) is 1.71. The molecule has 0 aliphatic carbocycles. The van der Waals surface area contributed by atoms with Gasteiger partial charge >= 0.3 is 42.5 Å². The molecule has 0 heterocycles. The molecule has 0 aliphatic rings. The molecule has 10 heteroatoms. The molecule has 0 N–H and O–H groups in total. The number of hydrogen-bond acceptors (Lipinski definition) is 4. The molecule has 0 aromatic rings. The SMILES string of the molecule is [Mg+2].[N-]=C=S.[N-]=C=S.[N-]=C=S.[N-]=C=S.[Zn+2]. The van der Waals surface area contributed by atoms with E-state index >= 15 is 0 Å². The zero-order valence-electron chi connectivity index (χ0n) is 6.84. The summed E-state index contributed by atoms with van der Waals surface area (Å²) in [6.45, 7) is 0. The molecule has 0 amide bonds. The molecule has 0 rings (SSSR count). The van der Waals surface area contributed by atoms with Crippen LogP contribution in [0, 0.1) is 0 Å². The molecular formula is C4MgN4S4Zn. The van der Waals surface area contributed by atoms with E-state index in [1.807, 2.05) is 0 Å². The van der Waals surface area contributed by atoms with Gasteiger partial charge < -0.3 is 21.6 Å². The predicted molar refractivity (Wildman–Crippen MR) is 69.6 cm³/mol. The van der Waals surface area contributed by atoms with E-state index in [9.17, 15) is 0 Å². The molecule has 14 heavy (non-hydrogen) atoms. The summed E-state index contributed by atoms with van der Waals surface area (Å²) in [6, 6.07) is 0. The van der Waals surface area contributed by atoms with Gasteiger partial charge in [0.1, 0.15) is 0 Å². The Morgan fingerprint density at radius 3 is 0.571 bits per heavy atom. The van der Waals surface area contributed by atoms with Crippen molar-refractivity contribution in [3.05, 3.63) is 21.6 Å². The third-order valence-electron chi connectivity index (χ3n) is 0. The van der Waals surface area contributed by atoms with Crippen molar-refractivity contribution in [2.45, 2.75) is 0 Å². The van der Waals surface area contributed by atoms with Gasteiger partial charge in [-0.25, -0.2) is 0 Å². The maximum Gasteiger partial charge on any atom is 2.00 e. The van der Waals surface area contributed by atoms with Gasteiger partial charge in [0, 0.05) is 0 Å². The minimum Gasteiger partial charge on any atom is -0.753 e. The number of isothiocyanates is 4. The average Bonchev–Trinajstić information content (AvgIpc) is 1.92. The summed E-state index contributed by atoms with van der Waals surface area (Å²) in [5, 5.41) is 33.9. The van der Waals surface area contributed by atoms with Gasteiger partial charge in [0.05, 0.1) is 0 Å². The summed E-state index contributed by atoms with van der Waals surface area (Å²) in [4.78, 5) is 0. The standard InChI is InChI=1S/4CNS.Mg.Zn/c4*2-1-3;;/q4*-1;2*+2. The fraction of sp³-hybridized carbons (Fsp3) is 0. The van der Waals surface area contributed by atoms with E-state index in [1.165, 1.54) is 20.6 Å². The van der Waals surface area contributed by atoms with Crippen molar-refractivity contribution in [2.75, 3.05) is 0 Å². The van der Waals surface area contributed by atoms with Crippen molar-refractivity contribution in [3.8, 4) is 0 Å². The van der Waals surface area contributed by atoms with E-state index < -0.39 is 0 Å². The van der Waals surface area contributed by atoms with Crippen molar-refractivity contribution < 1.29 is 19.5 Å². The molecule has 4 nitrogen and oxygen atoms in total. The van der Waals surface area contributed by atoms with E-state index in [-0.39, 0.29) is 42.5 Å². The second-order valence-corrected chi connectivity index (χ2v) is 1.10.